The molecule has 3 unspecified atom stereocenters. The quantitative estimate of drug-likeness (QED) is 0.754. The van der Waals surface area contributed by atoms with Gasteiger partial charge in [0.25, 0.3) is 0 Å². The van der Waals surface area contributed by atoms with Crippen LogP contribution in [0.5, 0.6) is 0 Å². The highest BCUT2D eigenvalue weighted by Gasteiger charge is 2.25. The van der Waals surface area contributed by atoms with Gasteiger partial charge < -0.3 is 10.1 Å². The van der Waals surface area contributed by atoms with Crippen molar-refractivity contribution in [1.82, 2.24) is 5.32 Å². The van der Waals surface area contributed by atoms with Gasteiger partial charge in [0, 0.05) is 19.2 Å². The monoisotopic (exact) mass is 211 g/mol. The van der Waals surface area contributed by atoms with E-state index in [1.807, 2.05) is 0 Å². The van der Waals surface area contributed by atoms with Crippen LogP contribution < -0.4 is 5.32 Å². The number of rotatable bonds is 5. The van der Waals surface area contributed by atoms with Crippen LogP contribution in [-0.2, 0) is 4.74 Å². The lowest BCUT2D eigenvalue weighted by atomic mass is 9.81. The molecule has 2 rings (SSSR count). The molecule has 0 amide bonds. The maximum atomic E-state index is 5.57. The van der Waals surface area contributed by atoms with Crippen LogP contribution in [0.2, 0.25) is 0 Å². The largest absolute Gasteiger partial charge is 0.378 e. The zero-order valence-corrected chi connectivity index (χ0v) is 10.2. The fraction of sp³-hybridized carbons (Fsp3) is 1.00. The third-order valence-electron chi connectivity index (χ3n) is 4.17. The van der Waals surface area contributed by atoms with E-state index in [2.05, 4.69) is 19.2 Å². The standard InChI is InChI=1S/C13H25NO/c1-10(8-12-4-3-5-12)14-9-13-6-7-15-11(13)2/h10-14H,3-9H2,1-2H3. The first-order valence-corrected chi connectivity index (χ1v) is 6.60. The topological polar surface area (TPSA) is 21.3 Å². The summed E-state index contributed by atoms with van der Waals surface area (Å²) in [5, 5.41) is 3.67. The second kappa shape index (κ2) is 5.31. The average molecular weight is 211 g/mol. The molecule has 0 spiro atoms. The van der Waals surface area contributed by atoms with E-state index in [0.717, 1.165) is 25.0 Å². The van der Waals surface area contributed by atoms with Gasteiger partial charge in [-0.25, -0.2) is 0 Å². The van der Waals surface area contributed by atoms with Crippen LogP contribution in [0.3, 0.4) is 0 Å². The van der Waals surface area contributed by atoms with Gasteiger partial charge in [-0.05, 0) is 38.5 Å². The summed E-state index contributed by atoms with van der Waals surface area (Å²) < 4.78 is 5.57. The predicted molar refractivity (Wildman–Crippen MR) is 62.9 cm³/mol. The van der Waals surface area contributed by atoms with Crippen molar-refractivity contribution in [2.24, 2.45) is 11.8 Å². The molecule has 1 N–H and O–H groups in total. The summed E-state index contributed by atoms with van der Waals surface area (Å²) in [5.74, 6) is 1.76. The molecule has 2 heteroatoms. The first kappa shape index (κ1) is 11.4. The Morgan fingerprint density at radius 3 is 2.67 bits per heavy atom. The molecule has 2 aliphatic rings. The van der Waals surface area contributed by atoms with Crippen molar-refractivity contribution in [3.8, 4) is 0 Å². The van der Waals surface area contributed by atoms with Gasteiger partial charge in [-0.1, -0.05) is 19.3 Å². The Morgan fingerprint density at radius 1 is 1.33 bits per heavy atom. The molecular weight excluding hydrogens is 186 g/mol. The molecule has 1 saturated heterocycles. The molecule has 0 bridgehead atoms. The summed E-state index contributed by atoms with van der Waals surface area (Å²) in [4.78, 5) is 0. The van der Waals surface area contributed by atoms with Crippen LogP contribution in [0.15, 0.2) is 0 Å². The zero-order valence-electron chi connectivity index (χ0n) is 10.2. The van der Waals surface area contributed by atoms with Crippen LogP contribution in [0.4, 0.5) is 0 Å². The molecule has 2 fully saturated rings. The lowest BCUT2D eigenvalue weighted by molar-refractivity contribution is 0.104. The summed E-state index contributed by atoms with van der Waals surface area (Å²) in [7, 11) is 0. The van der Waals surface area contributed by atoms with Gasteiger partial charge in [0.05, 0.1) is 6.10 Å². The Balaban J connectivity index is 1.59. The third-order valence-corrected chi connectivity index (χ3v) is 4.17. The van der Waals surface area contributed by atoms with E-state index >= 15 is 0 Å². The van der Waals surface area contributed by atoms with Crippen molar-refractivity contribution < 1.29 is 4.74 Å². The van der Waals surface area contributed by atoms with E-state index in [9.17, 15) is 0 Å². The first-order valence-electron chi connectivity index (χ1n) is 6.60. The van der Waals surface area contributed by atoms with Gasteiger partial charge in [-0.3, -0.25) is 0 Å². The van der Waals surface area contributed by atoms with Gasteiger partial charge in [-0.2, -0.15) is 0 Å². The molecule has 3 atom stereocenters. The Bertz CT molecular complexity index is 191. The summed E-state index contributed by atoms with van der Waals surface area (Å²) in [5.41, 5.74) is 0. The van der Waals surface area contributed by atoms with E-state index < -0.39 is 0 Å². The highest BCUT2D eigenvalue weighted by Crippen LogP contribution is 2.30. The molecule has 0 aromatic heterocycles. The molecule has 15 heavy (non-hydrogen) atoms. The van der Waals surface area contributed by atoms with Crippen molar-refractivity contribution in [2.75, 3.05) is 13.2 Å². The van der Waals surface area contributed by atoms with Crippen LogP contribution in [-0.4, -0.2) is 25.3 Å². The fourth-order valence-corrected chi connectivity index (χ4v) is 2.71. The van der Waals surface area contributed by atoms with E-state index in [0.29, 0.717) is 12.1 Å². The molecule has 2 nitrogen and oxygen atoms in total. The molecule has 1 aliphatic heterocycles. The van der Waals surface area contributed by atoms with Gasteiger partial charge >= 0.3 is 0 Å². The molecule has 1 saturated carbocycles. The maximum absolute atomic E-state index is 5.57. The van der Waals surface area contributed by atoms with E-state index in [4.69, 9.17) is 4.74 Å². The maximum Gasteiger partial charge on any atom is 0.0588 e. The Hall–Kier alpha value is -0.0800. The summed E-state index contributed by atoms with van der Waals surface area (Å²) in [6.07, 6.45) is 7.48. The molecule has 88 valence electrons. The van der Waals surface area contributed by atoms with Crippen molar-refractivity contribution in [2.45, 2.75) is 58.1 Å². The number of ether oxygens (including phenoxy) is 1. The van der Waals surface area contributed by atoms with Crippen LogP contribution in [0.1, 0.15) is 46.0 Å². The Morgan fingerprint density at radius 2 is 2.13 bits per heavy atom. The van der Waals surface area contributed by atoms with Crippen molar-refractivity contribution in [3.05, 3.63) is 0 Å². The van der Waals surface area contributed by atoms with E-state index in [1.54, 1.807) is 0 Å². The predicted octanol–water partition coefficient (Wildman–Crippen LogP) is 2.58. The third kappa shape index (κ3) is 3.18. The summed E-state index contributed by atoms with van der Waals surface area (Å²) in [6, 6.07) is 0.697. The summed E-state index contributed by atoms with van der Waals surface area (Å²) >= 11 is 0. The minimum absolute atomic E-state index is 0.466. The first-order chi connectivity index (χ1) is 7.25. The highest BCUT2D eigenvalue weighted by molar-refractivity contribution is 4.78. The van der Waals surface area contributed by atoms with Gasteiger partial charge in [-0.15, -0.1) is 0 Å². The number of nitrogens with one attached hydrogen (secondary N) is 1. The van der Waals surface area contributed by atoms with Crippen molar-refractivity contribution in [1.29, 1.82) is 0 Å². The minimum Gasteiger partial charge on any atom is -0.378 e. The lowest BCUT2D eigenvalue weighted by Gasteiger charge is -2.29. The SMILES string of the molecule is CC(CC1CCC1)NCC1CCOC1C. The zero-order chi connectivity index (χ0) is 10.7. The van der Waals surface area contributed by atoms with Crippen LogP contribution >= 0.6 is 0 Å². The second-order valence-corrected chi connectivity index (χ2v) is 5.47. The molecule has 1 aliphatic carbocycles. The Labute approximate surface area is 93.8 Å². The van der Waals surface area contributed by atoms with Gasteiger partial charge in [0.15, 0.2) is 0 Å². The highest BCUT2D eigenvalue weighted by atomic mass is 16.5. The molecular formula is C13H25NO. The molecule has 1 heterocycles. The van der Waals surface area contributed by atoms with Crippen LogP contribution in [0.25, 0.3) is 0 Å². The normalized spacial score (nSPS) is 34.0. The smallest absolute Gasteiger partial charge is 0.0588 e. The number of hydrogen-bond donors (Lipinski definition) is 1. The van der Waals surface area contributed by atoms with Gasteiger partial charge in [0.1, 0.15) is 0 Å². The number of hydrogen-bond acceptors (Lipinski definition) is 2. The molecule has 0 aromatic carbocycles. The van der Waals surface area contributed by atoms with Crippen molar-refractivity contribution >= 4 is 0 Å². The van der Waals surface area contributed by atoms with Crippen LogP contribution in [0, 0.1) is 11.8 Å². The van der Waals surface area contributed by atoms with Crippen molar-refractivity contribution in [3.63, 3.8) is 0 Å². The van der Waals surface area contributed by atoms with E-state index in [1.165, 1.54) is 32.1 Å². The van der Waals surface area contributed by atoms with Gasteiger partial charge in [0.2, 0.25) is 0 Å². The Kier molecular flexibility index (Phi) is 4.04. The lowest BCUT2D eigenvalue weighted by Crippen LogP contribution is -2.35. The average Bonchev–Trinajstić information content (AvgIpc) is 2.55. The van der Waals surface area contributed by atoms with E-state index in [-0.39, 0.29) is 0 Å². The molecule has 0 radical (unpaired) electrons. The molecule has 0 aromatic rings. The summed E-state index contributed by atoms with van der Waals surface area (Å²) in [6.45, 7) is 6.65. The fourth-order valence-electron chi connectivity index (χ4n) is 2.71. The minimum atomic E-state index is 0.466. The second-order valence-electron chi connectivity index (χ2n) is 5.47.